The number of piperazine rings is 1. The predicted molar refractivity (Wildman–Crippen MR) is 138 cm³/mol. The van der Waals surface area contributed by atoms with Gasteiger partial charge in [0.25, 0.3) is 0 Å². The average molecular weight is 476 g/mol. The number of ketones is 1. The number of rotatable bonds is 6. The molecule has 0 N–H and O–H groups in total. The zero-order valence-electron chi connectivity index (χ0n) is 20.2. The highest BCUT2D eigenvalue weighted by Crippen LogP contribution is 2.26. The Morgan fingerprint density at radius 3 is 2.57 bits per heavy atom. The Bertz CT molecular complexity index is 1380. The topological polar surface area (TPSA) is 66.7 Å². The van der Waals surface area contributed by atoms with Crippen LogP contribution in [0.3, 0.4) is 0 Å². The third kappa shape index (κ3) is 5.74. The monoisotopic (exact) mass is 475 g/mol. The summed E-state index contributed by atoms with van der Waals surface area (Å²) in [5, 5.41) is 2.59. The molecular formula is C28H30FN3O3. The highest BCUT2D eigenvalue weighted by molar-refractivity contribution is 5.92. The second-order valence-corrected chi connectivity index (χ2v) is 8.38. The minimum atomic E-state index is -0.436. The lowest BCUT2D eigenvalue weighted by atomic mass is 10.0. The highest BCUT2D eigenvalue weighted by atomic mass is 19.1. The third-order valence-electron chi connectivity index (χ3n) is 6.21. The second kappa shape index (κ2) is 11.2. The zero-order valence-corrected chi connectivity index (χ0v) is 20.2. The minimum Gasteiger partial charge on any atom is -0.423 e. The summed E-state index contributed by atoms with van der Waals surface area (Å²) in [5.41, 5.74) is 0.784. The first kappa shape index (κ1) is 24.5. The van der Waals surface area contributed by atoms with Gasteiger partial charge in [0.1, 0.15) is 23.0 Å². The van der Waals surface area contributed by atoms with Crippen LogP contribution in [-0.2, 0) is 11.2 Å². The number of Topliss-reactive ketones (excluding diaryl/α,β-unsaturated/α-hetero) is 1. The highest BCUT2D eigenvalue weighted by Gasteiger charge is 2.20. The molecule has 0 amide bonds. The average Bonchev–Trinajstić information content (AvgIpc) is 2.88. The molecule has 1 fully saturated rings. The fourth-order valence-corrected chi connectivity index (χ4v) is 4.47. The van der Waals surface area contributed by atoms with Gasteiger partial charge in [-0.25, -0.2) is 14.2 Å². The maximum absolute atomic E-state index is 13.8. The number of halogens is 1. The van der Waals surface area contributed by atoms with Gasteiger partial charge in [0.15, 0.2) is 0 Å². The molecule has 2 aromatic heterocycles. The van der Waals surface area contributed by atoms with E-state index in [2.05, 4.69) is 14.8 Å². The first-order chi connectivity index (χ1) is 17.1. The largest absolute Gasteiger partial charge is 0.423 e. The van der Waals surface area contributed by atoms with Crippen molar-refractivity contribution in [2.45, 2.75) is 26.7 Å². The van der Waals surface area contributed by atoms with Gasteiger partial charge in [-0.1, -0.05) is 38.1 Å². The van der Waals surface area contributed by atoms with Gasteiger partial charge >= 0.3 is 5.63 Å². The third-order valence-corrected chi connectivity index (χ3v) is 6.21. The molecule has 3 heterocycles. The second-order valence-electron chi connectivity index (χ2n) is 8.38. The van der Waals surface area contributed by atoms with Crippen molar-refractivity contribution in [3.8, 4) is 0 Å². The Morgan fingerprint density at radius 2 is 1.77 bits per heavy atom. The lowest BCUT2D eigenvalue weighted by molar-refractivity contribution is -0.118. The Balaban J connectivity index is 0.00000141. The standard InChI is InChI=1S/C26H24FN3O3.C2H6/c27-20-6-5-18-7-9-28-26(23(18)17-20)30-13-11-29(12-14-30)10-8-21(31)15-19-16-25(32)33-24-4-2-1-3-22(19)24;1-2/h1-7,9,16-17H,8,10-15H2;1-2H3. The van der Waals surface area contributed by atoms with Crippen molar-refractivity contribution in [3.63, 3.8) is 0 Å². The van der Waals surface area contributed by atoms with Crippen molar-refractivity contribution in [2.75, 3.05) is 37.6 Å². The first-order valence-electron chi connectivity index (χ1n) is 12.1. The molecule has 1 aliphatic rings. The smallest absolute Gasteiger partial charge is 0.336 e. The van der Waals surface area contributed by atoms with Gasteiger partial charge in [-0.05, 0) is 35.2 Å². The van der Waals surface area contributed by atoms with Crippen molar-refractivity contribution >= 4 is 33.3 Å². The summed E-state index contributed by atoms with van der Waals surface area (Å²) >= 11 is 0. The van der Waals surface area contributed by atoms with Crippen molar-refractivity contribution < 1.29 is 13.6 Å². The van der Waals surface area contributed by atoms with Gasteiger partial charge in [0.05, 0.1) is 0 Å². The molecule has 0 unspecified atom stereocenters. The van der Waals surface area contributed by atoms with Crippen molar-refractivity contribution in [2.24, 2.45) is 0 Å². The van der Waals surface area contributed by atoms with E-state index in [1.807, 2.05) is 32.0 Å². The van der Waals surface area contributed by atoms with Crippen LogP contribution in [0.15, 0.2) is 70.0 Å². The molecule has 182 valence electrons. The summed E-state index contributed by atoms with van der Waals surface area (Å²) in [4.78, 5) is 33.4. The lowest BCUT2D eigenvalue weighted by Crippen LogP contribution is -2.47. The van der Waals surface area contributed by atoms with Crippen LogP contribution < -0.4 is 10.5 Å². The van der Waals surface area contributed by atoms with Gasteiger partial charge in [-0.15, -0.1) is 0 Å². The summed E-state index contributed by atoms with van der Waals surface area (Å²) in [6, 6.07) is 15.4. The predicted octanol–water partition coefficient (Wildman–Crippen LogP) is 4.83. The number of hydrogen-bond donors (Lipinski definition) is 0. The molecule has 1 saturated heterocycles. The van der Waals surface area contributed by atoms with E-state index >= 15 is 0 Å². The number of carbonyl (C=O) groups excluding carboxylic acids is 1. The molecule has 0 atom stereocenters. The summed E-state index contributed by atoms with van der Waals surface area (Å²) in [6.45, 7) is 7.81. The van der Waals surface area contributed by atoms with Crippen LogP contribution in [-0.4, -0.2) is 48.4 Å². The van der Waals surface area contributed by atoms with Gasteiger partial charge < -0.3 is 9.32 Å². The van der Waals surface area contributed by atoms with Gasteiger partial charge in [-0.3, -0.25) is 9.69 Å². The van der Waals surface area contributed by atoms with E-state index in [0.717, 1.165) is 48.2 Å². The number of anilines is 1. The number of carbonyl (C=O) groups is 1. The van der Waals surface area contributed by atoms with Gasteiger partial charge in [0, 0.05) is 68.6 Å². The van der Waals surface area contributed by atoms with E-state index in [1.165, 1.54) is 18.2 Å². The molecule has 4 aromatic rings. The number of benzene rings is 2. The molecule has 5 rings (SSSR count). The zero-order chi connectivity index (χ0) is 24.8. The van der Waals surface area contributed by atoms with Gasteiger partial charge in [0.2, 0.25) is 0 Å². The fourth-order valence-electron chi connectivity index (χ4n) is 4.47. The van der Waals surface area contributed by atoms with Crippen LogP contribution in [0.2, 0.25) is 0 Å². The molecule has 2 aromatic carbocycles. The lowest BCUT2D eigenvalue weighted by Gasteiger charge is -2.35. The van der Waals surface area contributed by atoms with Crippen LogP contribution in [0, 0.1) is 5.82 Å². The number of pyridine rings is 1. The number of nitrogens with zero attached hydrogens (tertiary/aromatic N) is 3. The van der Waals surface area contributed by atoms with Crippen LogP contribution in [0.25, 0.3) is 21.7 Å². The van der Waals surface area contributed by atoms with Crippen molar-refractivity contribution in [1.82, 2.24) is 9.88 Å². The number of para-hydroxylation sites is 1. The molecule has 0 radical (unpaired) electrons. The Morgan fingerprint density at radius 1 is 1.00 bits per heavy atom. The Kier molecular flexibility index (Phi) is 7.87. The molecule has 6 nitrogen and oxygen atoms in total. The van der Waals surface area contributed by atoms with E-state index in [9.17, 15) is 14.0 Å². The fraction of sp³-hybridized carbons (Fsp3) is 0.321. The van der Waals surface area contributed by atoms with Crippen molar-refractivity contribution in [3.05, 3.63) is 82.6 Å². The van der Waals surface area contributed by atoms with E-state index < -0.39 is 5.63 Å². The number of hydrogen-bond acceptors (Lipinski definition) is 6. The molecule has 35 heavy (non-hydrogen) atoms. The van der Waals surface area contributed by atoms with Gasteiger partial charge in [-0.2, -0.15) is 0 Å². The quantitative estimate of drug-likeness (QED) is 0.372. The Labute approximate surface area is 204 Å². The maximum Gasteiger partial charge on any atom is 0.336 e. The van der Waals surface area contributed by atoms with E-state index in [-0.39, 0.29) is 18.0 Å². The first-order valence-corrected chi connectivity index (χ1v) is 12.1. The maximum atomic E-state index is 13.8. The van der Waals surface area contributed by atoms with Crippen LogP contribution in [0.1, 0.15) is 25.8 Å². The normalized spacial score (nSPS) is 14.1. The van der Waals surface area contributed by atoms with E-state index in [1.54, 1.807) is 24.4 Å². The number of fused-ring (bicyclic) bond motifs is 2. The molecule has 7 heteroatoms. The van der Waals surface area contributed by atoms with Crippen molar-refractivity contribution in [1.29, 1.82) is 0 Å². The molecule has 0 spiro atoms. The Hall–Kier alpha value is -3.58. The molecule has 1 aliphatic heterocycles. The molecule has 0 bridgehead atoms. The van der Waals surface area contributed by atoms with Crippen LogP contribution in [0.5, 0.6) is 0 Å². The summed E-state index contributed by atoms with van der Waals surface area (Å²) in [5.74, 6) is 0.634. The molecule has 0 saturated carbocycles. The SMILES string of the molecule is CC.O=C(CCN1CCN(c2nccc3ccc(F)cc23)CC1)Cc1cc(=O)oc2ccccc12. The summed E-state index contributed by atoms with van der Waals surface area (Å²) in [7, 11) is 0. The van der Waals surface area contributed by atoms with E-state index in [0.29, 0.717) is 24.1 Å². The number of aromatic nitrogens is 1. The summed E-state index contributed by atoms with van der Waals surface area (Å²) in [6.07, 6.45) is 2.40. The minimum absolute atomic E-state index is 0.0966. The van der Waals surface area contributed by atoms with E-state index in [4.69, 9.17) is 4.42 Å². The van der Waals surface area contributed by atoms with Crippen LogP contribution >= 0.6 is 0 Å². The molecular weight excluding hydrogens is 445 g/mol. The molecule has 0 aliphatic carbocycles. The van der Waals surface area contributed by atoms with Crippen LogP contribution in [0.4, 0.5) is 10.2 Å². The summed E-state index contributed by atoms with van der Waals surface area (Å²) < 4.78 is 19.0.